The molecule has 1 atom stereocenters. The molecule has 1 fully saturated rings. The van der Waals surface area contributed by atoms with Gasteiger partial charge in [0, 0.05) is 25.0 Å². The summed E-state index contributed by atoms with van der Waals surface area (Å²) >= 11 is 0. The van der Waals surface area contributed by atoms with Crippen molar-refractivity contribution >= 4 is 17.9 Å². The topological polar surface area (TPSA) is 112 Å². The van der Waals surface area contributed by atoms with E-state index in [1.807, 2.05) is 0 Å². The van der Waals surface area contributed by atoms with Crippen LogP contribution in [-0.4, -0.2) is 60.7 Å². The molecule has 7 heteroatoms. The SMILES string of the molecule is N=CC(N)(CCCN1CCOCC1)Nc1ccc(C(=O)O)cc1. The fourth-order valence-electron chi connectivity index (χ4n) is 2.56. The van der Waals surface area contributed by atoms with Gasteiger partial charge in [0.15, 0.2) is 0 Å². The highest BCUT2D eigenvalue weighted by Gasteiger charge is 2.22. The molecule has 2 rings (SSSR count). The minimum atomic E-state index is -0.965. The highest BCUT2D eigenvalue weighted by molar-refractivity contribution is 5.88. The van der Waals surface area contributed by atoms with Crippen LogP contribution in [0.4, 0.5) is 5.69 Å². The van der Waals surface area contributed by atoms with E-state index in [4.69, 9.17) is 21.0 Å². The molecule has 5 N–H and O–H groups in total. The molecule has 0 amide bonds. The van der Waals surface area contributed by atoms with Gasteiger partial charge in [-0.15, -0.1) is 0 Å². The molecule has 1 aromatic rings. The summed E-state index contributed by atoms with van der Waals surface area (Å²) in [6.45, 7) is 4.34. The third kappa shape index (κ3) is 5.31. The molecule has 0 aliphatic carbocycles. The van der Waals surface area contributed by atoms with Gasteiger partial charge in [-0.2, -0.15) is 0 Å². The maximum atomic E-state index is 10.9. The number of benzene rings is 1. The van der Waals surface area contributed by atoms with Gasteiger partial charge in [-0.1, -0.05) is 0 Å². The third-order valence-corrected chi connectivity index (χ3v) is 3.93. The maximum absolute atomic E-state index is 10.9. The largest absolute Gasteiger partial charge is 0.478 e. The summed E-state index contributed by atoms with van der Waals surface area (Å²) in [6.07, 6.45) is 2.69. The van der Waals surface area contributed by atoms with Crippen LogP contribution in [0.5, 0.6) is 0 Å². The summed E-state index contributed by atoms with van der Waals surface area (Å²) in [7, 11) is 0. The van der Waals surface area contributed by atoms with Gasteiger partial charge in [-0.3, -0.25) is 4.90 Å². The van der Waals surface area contributed by atoms with Gasteiger partial charge >= 0.3 is 5.97 Å². The molecule has 1 unspecified atom stereocenters. The van der Waals surface area contributed by atoms with Gasteiger partial charge < -0.3 is 26.3 Å². The Balaban J connectivity index is 1.86. The van der Waals surface area contributed by atoms with Crippen LogP contribution in [0.1, 0.15) is 23.2 Å². The molecule has 0 saturated carbocycles. The van der Waals surface area contributed by atoms with Crippen LogP contribution < -0.4 is 11.1 Å². The lowest BCUT2D eigenvalue weighted by molar-refractivity contribution is 0.0369. The van der Waals surface area contributed by atoms with E-state index in [2.05, 4.69) is 10.2 Å². The van der Waals surface area contributed by atoms with E-state index in [1.54, 1.807) is 12.1 Å². The Bertz CT molecular complexity index is 529. The predicted octanol–water partition coefficient (Wildman–Crippen LogP) is 1.21. The zero-order valence-electron chi connectivity index (χ0n) is 13.1. The van der Waals surface area contributed by atoms with Crippen molar-refractivity contribution in [2.45, 2.75) is 18.5 Å². The fourth-order valence-corrected chi connectivity index (χ4v) is 2.56. The minimum Gasteiger partial charge on any atom is -0.478 e. The van der Waals surface area contributed by atoms with Crippen LogP contribution in [0.2, 0.25) is 0 Å². The Kier molecular flexibility index (Phi) is 6.09. The zero-order valence-corrected chi connectivity index (χ0v) is 13.1. The number of hydrogen-bond acceptors (Lipinski definition) is 6. The summed E-state index contributed by atoms with van der Waals surface area (Å²) in [6, 6.07) is 6.36. The second-order valence-electron chi connectivity index (χ2n) is 5.75. The highest BCUT2D eigenvalue weighted by atomic mass is 16.5. The number of nitrogens with zero attached hydrogens (tertiary/aromatic N) is 1. The number of carboxylic acids is 1. The molecular formula is C16H24N4O3. The summed E-state index contributed by atoms with van der Waals surface area (Å²) in [5, 5.41) is 19.6. The van der Waals surface area contributed by atoms with Crippen molar-refractivity contribution in [2.24, 2.45) is 5.73 Å². The Morgan fingerprint density at radius 2 is 2.04 bits per heavy atom. The molecule has 0 spiro atoms. The first-order valence-electron chi connectivity index (χ1n) is 7.74. The van der Waals surface area contributed by atoms with E-state index in [0.29, 0.717) is 12.1 Å². The van der Waals surface area contributed by atoms with E-state index < -0.39 is 11.6 Å². The lowest BCUT2D eigenvalue weighted by Gasteiger charge is -2.30. The standard InChI is InChI=1S/C16H24N4O3/c17-12-16(18,6-1-7-20-8-10-23-11-9-20)19-14-4-2-13(3-5-14)15(21)22/h2-5,12,17,19H,1,6-11,18H2,(H,21,22). The fraction of sp³-hybridized carbons (Fsp3) is 0.500. The second-order valence-corrected chi connectivity index (χ2v) is 5.75. The first-order chi connectivity index (χ1) is 11.0. The number of anilines is 1. The number of morpholine rings is 1. The lowest BCUT2D eigenvalue weighted by Crippen LogP contribution is -2.49. The van der Waals surface area contributed by atoms with Gasteiger partial charge in [0.05, 0.1) is 18.8 Å². The predicted molar refractivity (Wildman–Crippen MR) is 89.2 cm³/mol. The van der Waals surface area contributed by atoms with Crippen LogP contribution in [0.15, 0.2) is 24.3 Å². The number of nitrogens with two attached hydrogens (primary N) is 1. The number of hydrogen-bond donors (Lipinski definition) is 4. The second kappa shape index (κ2) is 8.05. The highest BCUT2D eigenvalue weighted by Crippen LogP contribution is 2.16. The average molecular weight is 320 g/mol. The first kappa shape index (κ1) is 17.4. The quantitative estimate of drug-likeness (QED) is 0.423. The minimum absolute atomic E-state index is 0.223. The summed E-state index contributed by atoms with van der Waals surface area (Å²) in [5.74, 6) is -0.965. The van der Waals surface area contributed by atoms with Gasteiger partial charge in [0.25, 0.3) is 0 Å². The van der Waals surface area contributed by atoms with Gasteiger partial charge in [0.2, 0.25) is 0 Å². The lowest BCUT2D eigenvalue weighted by atomic mass is 10.0. The Labute approximate surface area is 135 Å². The number of ether oxygens (including phenoxy) is 1. The van der Waals surface area contributed by atoms with Crippen molar-refractivity contribution < 1.29 is 14.6 Å². The Morgan fingerprint density at radius 1 is 1.39 bits per heavy atom. The van der Waals surface area contributed by atoms with Crippen LogP contribution >= 0.6 is 0 Å². The Hall–Kier alpha value is -1.96. The van der Waals surface area contributed by atoms with Gasteiger partial charge in [-0.05, 0) is 43.7 Å². The molecule has 0 radical (unpaired) electrons. The zero-order chi connectivity index (χ0) is 16.7. The number of nitrogens with one attached hydrogen (secondary N) is 2. The molecule has 7 nitrogen and oxygen atoms in total. The smallest absolute Gasteiger partial charge is 0.335 e. The molecule has 1 saturated heterocycles. The molecule has 126 valence electrons. The van der Waals surface area contributed by atoms with Crippen molar-refractivity contribution in [1.29, 1.82) is 5.41 Å². The van der Waals surface area contributed by atoms with E-state index in [0.717, 1.165) is 39.3 Å². The first-order valence-corrected chi connectivity index (χ1v) is 7.74. The normalized spacial score (nSPS) is 18.1. The number of carboxylic acid groups (broad SMARTS) is 1. The van der Waals surface area contributed by atoms with Crippen LogP contribution in [0.25, 0.3) is 0 Å². The number of rotatable bonds is 8. The van der Waals surface area contributed by atoms with E-state index in [9.17, 15) is 4.79 Å². The molecule has 1 aliphatic rings. The summed E-state index contributed by atoms with van der Waals surface area (Å²) in [5.41, 5.74) is 6.22. The molecule has 23 heavy (non-hydrogen) atoms. The van der Waals surface area contributed by atoms with Crippen molar-refractivity contribution in [3.8, 4) is 0 Å². The van der Waals surface area contributed by atoms with Crippen LogP contribution in [0, 0.1) is 5.41 Å². The molecular weight excluding hydrogens is 296 g/mol. The van der Waals surface area contributed by atoms with Crippen LogP contribution in [0.3, 0.4) is 0 Å². The number of aromatic carboxylic acids is 1. The summed E-state index contributed by atoms with van der Waals surface area (Å²) < 4.78 is 5.32. The average Bonchev–Trinajstić information content (AvgIpc) is 2.56. The van der Waals surface area contributed by atoms with E-state index >= 15 is 0 Å². The van der Waals surface area contributed by atoms with E-state index in [-0.39, 0.29) is 5.56 Å². The molecule has 0 bridgehead atoms. The van der Waals surface area contributed by atoms with Crippen molar-refractivity contribution in [2.75, 3.05) is 38.2 Å². The van der Waals surface area contributed by atoms with Gasteiger partial charge in [-0.25, -0.2) is 4.79 Å². The van der Waals surface area contributed by atoms with Crippen LogP contribution in [-0.2, 0) is 4.74 Å². The van der Waals surface area contributed by atoms with Crippen molar-refractivity contribution in [1.82, 2.24) is 4.90 Å². The van der Waals surface area contributed by atoms with Crippen molar-refractivity contribution in [3.05, 3.63) is 29.8 Å². The number of carbonyl (C=O) groups is 1. The third-order valence-electron chi connectivity index (χ3n) is 3.93. The molecule has 1 aromatic carbocycles. The molecule has 1 heterocycles. The van der Waals surface area contributed by atoms with E-state index in [1.165, 1.54) is 18.3 Å². The Morgan fingerprint density at radius 3 is 2.61 bits per heavy atom. The van der Waals surface area contributed by atoms with Gasteiger partial charge in [0.1, 0.15) is 5.66 Å². The monoisotopic (exact) mass is 320 g/mol. The van der Waals surface area contributed by atoms with Crippen molar-refractivity contribution in [3.63, 3.8) is 0 Å². The molecule has 0 aromatic heterocycles. The molecule has 1 aliphatic heterocycles. The summed E-state index contributed by atoms with van der Waals surface area (Å²) in [4.78, 5) is 13.2. The maximum Gasteiger partial charge on any atom is 0.335 e.